The number of hydrogen-bond donors (Lipinski definition) is 2. The third-order valence-corrected chi connectivity index (χ3v) is 9.62. The molecule has 0 radical (unpaired) electrons. The molecule has 0 saturated heterocycles. The van der Waals surface area contributed by atoms with Gasteiger partial charge in [0.15, 0.2) is 0 Å². The summed E-state index contributed by atoms with van der Waals surface area (Å²) in [4.78, 5) is 17.9. The number of rotatable bonds is 2. The lowest BCUT2D eigenvalue weighted by molar-refractivity contribution is 0.265. The van der Waals surface area contributed by atoms with Crippen LogP contribution in [0.3, 0.4) is 0 Å². The van der Waals surface area contributed by atoms with Gasteiger partial charge in [0.2, 0.25) is 0 Å². The molecule has 0 unspecified atom stereocenters. The second kappa shape index (κ2) is 4.49. The van der Waals surface area contributed by atoms with Crippen molar-refractivity contribution in [1.29, 1.82) is 0 Å². The average molecular weight is 302 g/mol. The summed E-state index contributed by atoms with van der Waals surface area (Å²) in [5.41, 5.74) is 0. The van der Waals surface area contributed by atoms with Crippen LogP contribution in [0.15, 0.2) is 0 Å². The van der Waals surface area contributed by atoms with Crippen LogP contribution in [0.4, 0.5) is 0 Å². The zero-order chi connectivity index (χ0) is 7.49. The summed E-state index contributed by atoms with van der Waals surface area (Å²) in [6.07, 6.45) is 0. The van der Waals surface area contributed by atoms with Crippen LogP contribution >= 0.6 is 36.3 Å². The summed E-state index contributed by atoms with van der Waals surface area (Å²) in [6.45, 7) is -1.94. The van der Waals surface area contributed by atoms with E-state index in [0.29, 0.717) is 6.61 Å². The van der Waals surface area contributed by atoms with Crippen LogP contribution in [-0.4, -0.2) is 16.4 Å². The first-order chi connectivity index (χ1) is 4.00. The highest BCUT2D eigenvalue weighted by molar-refractivity contribution is 9.82. The monoisotopic (exact) mass is 300 g/mol. The second-order valence-electron chi connectivity index (χ2n) is 1.10. The molecule has 0 bridgehead atoms. The molecule has 0 aliphatic rings. The zero-order valence-corrected chi connectivity index (χ0v) is 9.50. The Morgan fingerprint density at radius 2 is 2.00 bits per heavy atom. The normalized spacial score (nSPS) is 12.7. The maximum absolute atomic E-state index is 8.95. The minimum absolute atomic E-state index is 0.307. The Kier molecular flexibility index (Phi) is 5.30. The molecule has 0 saturated carbocycles. The number of hydrogen-bond acceptors (Lipinski definition) is 1. The molecule has 0 aromatic heterocycles. The summed E-state index contributed by atoms with van der Waals surface area (Å²) in [5, 5.41) is 0. The molecule has 0 amide bonds. The van der Waals surface area contributed by atoms with Crippen molar-refractivity contribution in [2.24, 2.45) is 0 Å². The summed E-state index contributed by atoms with van der Waals surface area (Å²) < 4.78 is 4.63. The van der Waals surface area contributed by atoms with Crippen LogP contribution in [0.2, 0.25) is 0 Å². The Morgan fingerprint density at radius 3 is 2.11 bits per heavy atom. The lowest BCUT2D eigenvalue weighted by Gasteiger charge is -2.10. The lowest BCUT2D eigenvalue weighted by atomic mass is 10.9. The quantitative estimate of drug-likeness (QED) is 0.766. The minimum Gasteiger partial charge on any atom is -0.327 e. The van der Waals surface area contributed by atoms with Crippen LogP contribution < -0.4 is 0 Å². The highest BCUT2D eigenvalue weighted by atomic mass is 79.9. The van der Waals surface area contributed by atoms with Gasteiger partial charge < -0.3 is 14.3 Å². The molecule has 0 fully saturated rings. The third kappa shape index (κ3) is 4.14. The molecular weight excluding hydrogens is 295 g/mol. The van der Waals surface area contributed by atoms with Gasteiger partial charge in [0.25, 0.3) is 0 Å². The summed E-state index contributed by atoms with van der Waals surface area (Å²) >= 11 is 5.93. The van der Waals surface area contributed by atoms with E-state index in [4.69, 9.17) is 9.79 Å². The van der Waals surface area contributed by atoms with Gasteiger partial charge in [-0.1, -0.05) is 0 Å². The van der Waals surface area contributed by atoms with Crippen LogP contribution in [0.5, 0.6) is 0 Å². The van der Waals surface area contributed by atoms with E-state index < -0.39 is 13.7 Å². The fourth-order valence-corrected chi connectivity index (χ4v) is 2.68. The maximum atomic E-state index is 8.95. The van der Waals surface area contributed by atoms with Gasteiger partial charge >= 0.3 is 6.72 Å². The van der Waals surface area contributed by atoms with Crippen molar-refractivity contribution in [3.63, 3.8) is 0 Å². The van der Waals surface area contributed by atoms with Crippen molar-refractivity contribution in [2.75, 3.05) is 6.61 Å². The lowest BCUT2D eigenvalue weighted by Crippen LogP contribution is -1.88. The Labute approximate surface area is 71.0 Å². The molecule has 2 N–H and O–H groups in total. The molecule has 0 aromatic carbocycles. The van der Waals surface area contributed by atoms with Gasteiger partial charge in [0, 0.05) is 36.6 Å². The molecule has 0 aromatic rings. The molecule has 0 rings (SSSR count). The van der Waals surface area contributed by atoms with Crippen molar-refractivity contribution in [1.82, 2.24) is 0 Å². The molecular formula is C2H7Br2O3PS. The zero-order valence-electron chi connectivity index (χ0n) is 4.62. The van der Waals surface area contributed by atoms with Gasteiger partial charge in [0.05, 0.1) is 6.61 Å². The van der Waals surface area contributed by atoms with E-state index in [-0.39, 0.29) is 0 Å². The topological polar surface area (TPSA) is 49.7 Å². The van der Waals surface area contributed by atoms with Crippen molar-refractivity contribution < 1.29 is 14.3 Å². The first-order valence-corrected chi connectivity index (χ1v) is 9.20. The summed E-state index contributed by atoms with van der Waals surface area (Å²) in [7, 11) is 0. The molecule has 0 aliphatic heterocycles. The average Bonchev–Trinajstić information content (AvgIpc) is 1.65. The van der Waals surface area contributed by atoms with Crippen molar-refractivity contribution in [3.8, 4) is 0 Å². The van der Waals surface area contributed by atoms with Crippen LogP contribution in [0.1, 0.15) is 6.92 Å². The minimum atomic E-state index is -3.15. The largest absolute Gasteiger partial charge is 0.327 e. The molecule has 0 heterocycles. The Balaban J connectivity index is 4.19. The predicted octanol–water partition coefficient (Wildman–Crippen LogP) is 1.92. The van der Waals surface area contributed by atoms with E-state index in [2.05, 4.69) is 34.1 Å². The second-order valence-corrected chi connectivity index (χ2v) is 14.8. The standard InChI is InChI=1S/C2H7Br2O3PS/c1-2-7-8(5,6)9(3)4/h5-6H,2H2,1H3. The highest BCUT2D eigenvalue weighted by Gasteiger charge is 2.12. The highest BCUT2D eigenvalue weighted by Crippen LogP contribution is 2.47. The summed E-state index contributed by atoms with van der Waals surface area (Å²) in [6, 6.07) is 0. The first kappa shape index (κ1) is 10.6. The van der Waals surface area contributed by atoms with E-state index in [1.165, 1.54) is 0 Å². The first-order valence-electron chi connectivity index (χ1n) is 2.07. The third-order valence-electron chi connectivity index (χ3n) is 0.477. The van der Waals surface area contributed by atoms with Gasteiger partial charge in [-0.2, -0.15) is 0 Å². The Bertz CT molecular complexity index is 139. The SMILES string of the molecule is CCOP(O)(O)=S(Br)Br. The van der Waals surface area contributed by atoms with Crippen LogP contribution in [-0.2, 0) is 11.5 Å². The molecule has 7 heteroatoms. The van der Waals surface area contributed by atoms with E-state index in [1.807, 2.05) is 0 Å². The fraction of sp³-hybridized carbons (Fsp3) is 1.00. The van der Waals surface area contributed by atoms with Gasteiger partial charge in [-0.15, -0.1) is 0 Å². The number of halogens is 2. The van der Waals surface area contributed by atoms with Gasteiger partial charge in [-0.25, -0.2) is 0 Å². The molecule has 3 nitrogen and oxygen atoms in total. The van der Waals surface area contributed by atoms with Crippen molar-refractivity contribution in [3.05, 3.63) is 0 Å². The van der Waals surface area contributed by atoms with Crippen molar-refractivity contribution >= 4 is 43.3 Å². The molecule has 0 atom stereocenters. The molecule has 9 heavy (non-hydrogen) atoms. The van der Waals surface area contributed by atoms with Crippen molar-refractivity contribution in [2.45, 2.75) is 6.92 Å². The predicted molar refractivity (Wildman–Crippen MR) is 48.2 cm³/mol. The van der Waals surface area contributed by atoms with Gasteiger partial charge in [0.1, 0.15) is 0 Å². The van der Waals surface area contributed by atoms with Crippen LogP contribution in [0.25, 0.3) is 0 Å². The van der Waals surface area contributed by atoms with Gasteiger partial charge in [-0.05, 0) is 6.92 Å². The Morgan fingerprint density at radius 1 is 1.56 bits per heavy atom. The summed E-state index contributed by atoms with van der Waals surface area (Å²) in [5.74, 6) is 0. The maximum Gasteiger partial charge on any atom is 0.300 e. The van der Waals surface area contributed by atoms with E-state index in [0.717, 1.165) is 0 Å². The van der Waals surface area contributed by atoms with E-state index in [1.54, 1.807) is 6.92 Å². The van der Waals surface area contributed by atoms with Crippen LogP contribution in [0, 0.1) is 0 Å². The van der Waals surface area contributed by atoms with E-state index in [9.17, 15) is 0 Å². The van der Waals surface area contributed by atoms with E-state index >= 15 is 0 Å². The molecule has 58 valence electrons. The smallest absolute Gasteiger partial charge is 0.300 e. The molecule has 0 spiro atoms. The fourth-order valence-electron chi connectivity index (χ4n) is 0.208. The molecule has 0 aliphatic carbocycles. The van der Waals surface area contributed by atoms with Gasteiger partial charge in [-0.3, -0.25) is 0 Å². The Hall–Kier alpha value is 1.62.